The van der Waals surface area contributed by atoms with E-state index in [1.807, 2.05) is 28.9 Å². The Balaban J connectivity index is 1.47. The molecule has 3 aliphatic heterocycles. The average Bonchev–Trinajstić information content (AvgIpc) is 3.56. The Morgan fingerprint density at radius 1 is 1.24 bits per heavy atom. The molecule has 0 aromatic heterocycles. The quantitative estimate of drug-likeness (QED) is 0.549. The Morgan fingerprint density at radius 3 is 2.50 bits per heavy atom. The molecule has 3 fully saturated rings. The summed E-state index contributed by atoms with van der Waals surface area (Å²) in [4.78, 5) is 56.3. The van der Waals surface area contributed by atoms with Crippen LogP contribution in [0.3, 0.4) is 0 Å². The number of likely N-dealkylation sites (tertiary alicyclic amines) is 3. The number of nitrogens with two attached hydrogens (primary N) is 1. The number of piperazine rings is 1. The Kier molecular flexibility index (Phi) is 7.65. The maximum atomic E-state index is 13.5. The fraction of sp³-hybridized carbons (Fsp3) is 0.593. The van der Waals surface area contributed by atoms with Gasteiger partial charge in [-0.15, -0.1) is 0 Å². The number of nitriles is 1. The summed E-state index contributed by atoms with van der Waals surface area (Å²) in [5.74, 6) is -0.877. The normalized spacial score (nSPS) is 24.7. The summed E-state index contributed by atoms with van der Waals surface area (Å²) in [5.41, 5.74) is 5.91. The number of nitrogens with one attached hydrogen (secondary N) is 1. The third kappa shape index (κ3) is 5.60. The number of hydrogen-bond acceptors (Lipinski definition) is 7. The van der Waals surface area contributed by atoms with Gasteiger partial charge in [0, 0.05) is 31.2 Å². The van der Waals surface area contributed by atoms with Crippen molar-refractivity contribution in [2.75, 3.05) is 19.6 Å². The molecular weight excluding hydrogens is 488 g/mol. The van der Waals surface area contributed by atoms with Crippen molar-refractivity contribution in [1.29, 1.82) is 5.26 Å². The first kappa shape index (κ1) is 27.4. The summed E-state index contributed by atoms with van der Waals surface area (Å²) in [7, 11) is 0. The van der Waals surface area contributed by atoms with Gasteiger partial charge in [0.2, 0.25) is 17.7 Å². The van der Waals surface area contributed by atoms with E-state index < -0.39 is 35.7 Å². The lowest BCUT2D eigenvalue weighted by Crippen LogP contribution is -2.59. The first-order chi connectivity index (χ1) is 17.9. The Morgan fingerprint density at radius 2 is 1.92 bits per heavy atom. The van der Waals surface area contributed by atoms with Gasteiger partial charge < -0.3 is 25.6 Å². The number of amides is 4. The highest BCUT2D eigenvalue weighted by atomic mass is 16.6. The van der Waals surface area contributed by atoms with Crippen LogP contribution in [0.4, 0.5) is 4.79 Å². The Bertz CT molecular complexity index is 1140. The van der Waals surface area contributed by atoms with Gasteiger partial charge in [0.05, 0.1) is 18.2 Å². The highest BCUT2D eigenvalue weighted by molar-refractivity contribution is 5.93. The van der Waals surface area contributed by atoms with Crippen molar-refractivity contribution in [3.05, 3.63) is 35.4 Å². The number of fused-ring (bicyclic) bond motifs is 2. The lowest BCUT2D eigenvalue weighted by molar-refractivity contribution is -0.141. The fourth-order valence-corrected chi connectivity index (χ4v) is 5.72. The molecule has 11 heteroatoms. The zero-order valence-corrected chi connectivity index (χ0v) is 22.3. The van der Waals surface area contributed by atoms with Gasteiger partial charge in [0.25, 0.3) is 0 Å². The number of nitrogens with zero attached hydrogens (tertiary/aromatic N) is 4. The van der Waals surface area contributed by atoms with Crippen LogP contribution in [0.1, 0.15) is 68.9 Å². The molecule has 0 spiro atoms. The zero-order valence-electron chi connectivity index (χ0n) is 22.3. The number of primary amides is 1. The van der Waals surface area contributed by atoms with E-state index in [4.69, 9.17) is 10.5 Å². The minimum absolute atomic E-state index is 0.0349. The van der Waals surface area contributed by atoms with Crippen molar-refractivity contribution >= 4 is 23.8 Å². The molecule has 5 atom stereocenters. The third-order valence-electron chi connectivity index (χ3n) is 7.50. The monoisotopic (exact) mass is 524 g/mol. The predicted molar refractivity (Wildman–Crippen MR) is 137 cm³/mol. The van der Waals surface area contributed by atoms with Crippen molar-refractivity contribution < 1.29 is 23.9 Å². The average molecular weight is 525 g/mol. The molecule has 3 heterocycles. The van der Waals surface area contributed by atoms with E-state index in [0.29, 0.717) is 31.5 Å². The van der Waals surface area contributed by atoms with E-state index >= 15 is 0 Å². The molecule has 4 rings (SSSR count). The standard InChI is InChI=1S/C27H36N6O5/c1-16(17-7-9-18(10-8-17)23(29)34)33-20-12-22(25(33)36)31(14-20)15-21(30-26(37)38-27(2,3)4)24(35)32-11-5-6-19(32)13-28/h7-10,16,19-22H,5-6,11-12,14-15H2,1-4H3,(H2,29,34)(H,30,37)/t16?,19?,20-,21?,22?/m0/s1. The fourth-order valence-electron chi connectivity index (χ4n) is 5.72. The molecule has 4 amide bonds. The summed E-state index contributed by atoms with van der Waals surface area (Å²) in [5, 5.41) is 12.2. The Hall–Kier alpha value is -3.65. The first-order valence-corrected chi connectivity index (χ1v) is 13.0. The first-order valence-electron chi connectivity index (χ1n) is 13.0. The Labute approximate surface area is 222 Å². The van der Waals surface area contributed by atoms with Crippen LogP contribution in [0.2, 0.25) is 0 Å². The molecule has 0 saturated carbocycles. The highest BCUT2D eigenvalue weighted by Crippen LogP contribution is 2.38. The van der Waals surface area contributed by atoms with E-state index in [-0.39, 0.29) is 30.4 Å². The maximum absolute atomic E-state index is 13.5. The van der Waals surface area contributed by atoms with Crippen molar-refractivity contribution in [2.24, 2.45) is 5.73 Å². The van der Waals surface area contributed by atoms with Crippen LogP contribution in [-0.4, -0.2) is 87.9 Å². The number of carbonyl (C=O) groups excluding carboxylic acids is 4. The van der Waals surface area contributed by atoms with Crippen molar-refractivity contribution in [1.82, 2.24) is 20.0 Å². The summed E-state index contributed by atoms with van der Waals surface area (Å²) < 4.78 is 5.39. The summed E-state index contributed by atoms with van der Waals surface area (Å²) in [6.07, 6.45) is 1.24. The number of ether oxygens (including phenoxy) is 1. The van der Waals surface area contributed by atoms with Crippen molar-refractivity contribution in [3.8, 4) is 6.07 Å². The smallest absolute Gasteiger partial charge is 0.408 e. The molecular formula is C27H36N6O5. The van der Waals surface area contributed by atoms with Gasteiger partial charge in [-0.2, -0.15) is 5.26 Å². The maximum Gasteiger partial charge on any atom is 0.408 e. The molecule has 11 nitrogen and oxygen atoms in total. The molecule has 38 heavy (non-hydrogen) atoms. The van der Waals surface area contributed by atoms with Crippen molar-refractivity contribution in [2.45, 2.75) is 82.8 Å². The summed E-state index contributed by atoms with van der Waals surface area (Å²) in [6.45, 7) is 8.33. The second-order valence-electron chi connectivity index (χ2n) is 11.3. The van der Waals surface area contributed by atoms with E-state index in [1.165, 1.54) is 4.90 Å². The molecule has 4 unspecified atom stereocenters. The second-order valence-corrected chi connectivity index (χ2v) is 11.3. The lowest BCUT2D eigenvalue weighted by Gasteiger charge is -2.39. The van der Waals surface area contributed by atoms with Crippen LogP contribution in [0.15, 0.2) is 24.3 Å². The van der Waals surface area contributed by atoms with E-state index in [9.17, 15) is 24.4 Å². The molecule has 3 saturated heterocycles. The largest absolute Gasteiger partial charge is 0.444 e. The highest BCUT2D eigenvalue weighted by Gasteiger charge is 2.52. The van der Waals surface area contributed by atoms with Gasteiger partial charge in [-0.25, -0.2) is 4.79 Å². The number of benzene rings is 1. The number of alkyl carbamates (subject to hydrolysis) is 1. The van der Waals surface area contributed by atoms with Crippen molar-refractivity contribution in [3.63, 3.8) is 0 Å². The SMILES string of the molecule is CC(c1ccc(C(N)=O)cc1)N1C(=O)C2C[C@H]1CN2CC(NC(=O)OC(C)(C)C)C(=O)N1CCCC1C#N. The molecule has 2 bridgehead atoms. The lowest BCUT2D eigenvalue weighted by atomic mass is 10.0. The van der Waals surface area contributed by atoms with Gasteiger partial charge in [0.15, 0.2) is 0 Å². The molecule has 1 aromatic rings. The summed E-state index contributed by atoms with van der Waals surface area (Å²) in [6, 6.07) is 6.98. The number of rotatable bonds is 7. The van der Waals surface area contributed by atoms with Crippen LogP contribution in [0.25, 0.3) is 0 Å². The molecule has 0 radical (unpaired) electrons. The minimum atomic E-state index is -0.946. The van der Waals surface area contributed by atoms with Gasteiger partial charge >= 0.3 is 6.09 Å². The second kappa shape index (κ2) is 10.6. The van der Waals surface area contributed by atoms with Crippen LogP contribution < -0.4 is 11.1 Å². The predicted octanol–water partition coefficient (Wildman–Crippen LogP) is 1.54. The summed E-state index contributed by atoms with van der Waals surface area (Å²) >= 11 is 0. The van der Waals surface area contributed by atoms with E-state index in [2.05, 4.69) is 11.4 Å². The third-order valence-corrected chi connectivity index (χ3v) is 7.50. The minimum Gasteiger partial charge on any atom is -0.444 e. The zero-order chi connectivity index (χ0) is 27.8. The van der Waals surface area contributed by atoms with E-state index in [0.717, 1.165) is 12.0 Å². The van der Waals surface area contributed by atoms with Crippen LogP contribution in [-0.2, 0) is 14.3 Å². The molecule has 3 N–H and O–H groups in total. The van der Waals surface area contributed by atoms with Gasteiger partial charge in [-0.3, -0.25) is 19.3 Å². The van der Waals surface area contributed by atoms with Gasteiger partial charge in [-0.1, -0.05) is 12.1 Å². The molecule has 0 aliphatic carbocycles. The van der Waals surface area contributed by atoms with Gasteiger partial charge in [0.1, 0.15) is 17.7 Å². The van der Waals surface area contributed by atoms with Crippen LogP contribution >= 0.6 is 0 Å². The molecule has 3 aliphatic rings. The molecule has 204 valence electrons. The molecule has 1 aromatic carbocycles. The van der Waals surface area contributed by atoms with Gasteiger partial charge in [-0.05, 0) is 64.7 Å². The van der Waals surface area contributed by atoms with Crippen LogP contribution in [0.5, 0.6) is 0 Å². The number of hydrogen-bond donors (Lipinski definition) is 2. The van der Waals surface area contributed by atoms with E-state index in [1.54, 1.807) is 32.9 Å². The topological polar surface area (TPSA) is 149 Å². The number of carbonyl (C=O) groups is 4. The van der Waals surface area contributed by atoms with Crippen LogP contribution in [0, 0.1) is 11.3 Å².